The van der Waals surface area contributed by atoms with Crippen LogP contribution in [0.15, 0.2) is 18.3 Å². The minimum Gasteiger partial charge on any atom is -0.271 e. The van der Waals surface area contributed by atoms with Gasteiger partial charge in [0.15, 0.2) is 0 Å². The third-order valence-electron chi connectivity index (χ3n) is 4.18. The van der Waals surface area contributed by atoms with E-state index in [4.69, 9.17) is 17.4 Å². The molecule has 3 nitrogen and oxygen atoms in total. The molecule has 18 heavy (non-hydrogen) atoms. The topological polar surface area (TPSA) is 50.9 Å². The summed E-state index contributed by atoms with van der Waals surface area (Å²) < 4.78 is 0. The predicted molar refractivity (Wildman–Crippen MR) is 75.1 cm³/mol. The van der Waals surface area contributed by atoms with E-state index in [1.807, 2.05) is 12.1 Å². The standard InChI is InChI=1S/C14H22ClN3/c1-2-10-6-3-4-7-11(10)13(18-16)14-12(15)8-5-9-17-14/h5,8-11,13,18H,2-4,6-7,16H2,1H3. The molecule has 0 amide bonds. The molecule has 0 aromatic carbocycles. The van der Waals surface area contributed by atoms with Crippen molar-refractivity contribution in [1.29, 1.82) is 0 Å². The highest BCUT2D eigenvalue weighted by atomic mass is 35.5. The number of nitrogens with zero attached hydrogens (tertiary/aromatic N) is 1. The van der Waals surface area contributed by atoms with Gasteiger partial charge >= 0.3 is 0 Å². The summed E-state index contributed by atoms with van der Waals surface area (Å²) in [5.74, 6) is 7.04. The molecule has 1 heterocycles. The van der Waals surface area contributed by atoms with Crippen molar-refractivity contribution in [3.05, 3.63) is 29.0 Å². The molecule has 100 valence electrons. The van der Waals surface area contributed by atoms with Gasteiger partial charge in [-0.15, -0.1) is 0 Å². The van der Waals surface area contributed by atoms with Crippen molar-refractivity contribution in [2.75, 3.05) is 0 Å². The zero-order valence-electron chi connectivity index (χ0n) is 10.9. The van der Waals surface area contributed by atoms with Crippen LogP contribution in [0.25, 0.3) is 0 Å². The first-order valence-corrected chi connectivity index (χ1v) is 7.22. The van der Waals surface area contributed by atoms with E-state index >= 15 is 0 Å². The van der Waals surface area contributed by atoms with E-state index in [2.05, 4.69) is 17.3 Å². The summed E-state index contributed by atoms with van der Waals surface area (Å²) in [7, 11) is 0. The highest BCUT2D eigenvalue weighted by Gasteiger charge is 2.32. The fourth-order valence-electron chi connectivity index (χ4n) is 3.21. The Morgan fingerprint density at radius 1 is 1.50 bits per heavy atom. The molecule has 1 saturated carbocycles. The van der Waals surface area contributed by atoms with Gasteiger partial charge in [0.2, 0.25) is 0 Å². The van der Waals surface area contributed by atoms with Crippen LogP contribution in [0.5, 0.6) is 0 Å². The number of nitrogens with one attached hydrogen (secondary N) is 1. The Labute approximate surface area is 114 Å². The van der Waals surface area contributed by atoms with Gasteiger partial charge in [-0.2, -0.15) is 0 Å². The Bertz CT molecular complexity index is 383. The molecule has 0 aliphatic heterocycles. The molecule has 1 aliphatic rings. The molecular weight excluding hydrogens is 246 g/mol. The average molecular weight is 268 g/mol. The monoisotopic (exact) mass is 267 g/mol. The van der Waals surface area contributed by atoms with Gasteiger partial charge in [0.1, 0.15) is 0 Å². The number of halogens is 1. The summed E-state index contributed by atoms with van der Waals surface area (Å²) >= 11 is 6.25. The maximum absolute atomic E-state index is 6.25. The molecule has 2 rings (SSSR count). The van der Waals surface area contributed by atoms with Crippen LogP contribution in [-0.4, -0.2) is 4.98 Å². The molecule has 3 unspecified atom stereocenters. The van der Waals surface area contributed by atoms with Crippen molar-refractivity contribution >= 4 is 11.6 Å². The normalized spacial score (nSPS) is 25.9. The number of hydrogen-bond donors (Lipinski definition) is 2. The molecule has 1 fully saturated rings. The minimum atomic E-state index is 0.0731. The van der Waals surface area contributed by atoms with E-state index in [0.717, 1.165) is 11.6 Å². The lowest BCUT2D eigenvalue weighted by atomic mass is 9.73. The van der Waals surface area contributed by atoms with Crippen LogP contribution in [0.2, 0.25) is 5.02 Å². The highest BCUT2D eigenvalue weighted by molar-refractivity contribution is 6.31. The predicted octanol–water partition coefficient (Wildman–Crippen LogP) is 3.46. The van der Waals surface area contributed by atoms with E-state index in [0.29, 0.717) is 10.9 Å². The SMILES string of the molecule is CCC1CCCCC1C(NN)c1ncccc1Cl. The van der Waals surface area contributed by atoms with Crippen LogP contribution >= 0.6 is 11.6 Å². The van der Waals surface area contributed by atoms with Crippen molar-refractivity contribution in [3.8, 4) is 0 Å². The smallest absolute Gasteiger partial charge is 0.0775 e. The number of nitrogens with two attached hydrogens (primary N) is 1. The molecule has 1 aromatic heterocycles. The van der Waals surface area contributed by atoms with Crippen LogP contribution < -0.4 is 11.3 Å². The second-order valence-electron chi connectivity index (χ2n) is 5.13. The van der Waals surface area contributed by atoms with Gasteiger partial charge in [-0.1, -0.05) is 44.2 Å². The molecule has 3 atom stereocenters. The third kappa shape index (κ3) is 2.85. The van der Waals surface area contributed by atoms with Crippen LogP contribution in [0.3, 0.4) is 0 Å². The van der Waals surface area contributed by atoms with Crippen molar-refractivity contribution < 1.29 is 0 Å². The van der Waals surface area contributed by atoms with E-state index in [-0.39, 0.29) is 6.04 Å². The third-order valence-corrected chi connectivity index (χ3v) is 4.50. The Hall–Kier alpha value is -0.640. The summed E-state index contributed by atoms with van der Waals surface area (Å²) in [4.78, 5) is 4.42. The van der Waals surface area contributed by atoms with Crippen molar-refractivity contribution in [2.45, 2.75) is 45.1 Å². The van der Waals surface area contributed by atoms with Gasteiger partial charge in [0, 0.05) is 6.20 Å². The first-order chi connectivity index (χ1) is 8.77. The average Bonchev–Trinajstić information content (AvgIpc) is 2.42. The number of rotatable bonds is 4. The molecule has 0 spiro atoms. The van der Waals surface area contributed by atoms with Crippen molar-refractivity contribution in [2.24, 2.45) is 17.7 Å². The summed E-state index contributed by atoms with van der Waals surface area (Å²) in [5.41, 5.74) is 3.84. The van der Waals surface area contributed by atoms with E-state index in [1.54, 1.807) is 6.20 Å². The van der Waals surface area contributed by atoms with Crippen molar-refractivity contribution in [1.82, 2.24) is 10.4 Å². The molecular formula is C14H22ClN3. The molecule has 1 aromatic rings. The van der Waals surface area contributed by atoms with E-state index < -0.39 is 0 Å². The van der Waals surface area contributed by atoms with Gasteiger partial charge < -0.3 is 0 Å². The molecule has 0 radical (unpaired) electrons. The van der Waals surface area contributed by atoms with Crippen LogP contribution in [0.4, 0.5) is 0 Å². The first-order valence-electron chi connectivity index (χ1n) is 6.84. The Kier molecular flexibility index (Phi) is 4.98. The number of hydrogen-bond acceptors (Lipinski definition) is 3. The van der Waals surface area contributed by atoms with Crippen molar-refractivity contribution in [3.63, 3.8) is 0 Å². The van der Waals surface area contributed by atoms with Crippen LogP contribution in [0.1, 0.15) is 50.8 Å². The van der Waals surface area contributed by atoms with Gasteiger partial charge in [0.25, 0.3) is 0 Å². The molecule has 0 saturated heterocycles. The lowest BCUT2D eigenvalue weighted by Crippen LogP contribution is -2.38. The summed E-state index contributed by atoms with van der Waals surface area (Å²) in [6.07, 6.45) is 8.11. The van der Waals surface area contributed by atoms with Gasteiger partial charge in [-0.05, 0) is 30.4 Å². The lowest BCUT2D eigenvalue weighted by molar-refractivity contribution is 0.174. The lowest BCUT2D eigenvalue weighted by Gasteiger charge is -2.36. The molecule has 4 heteroatoms. The second-order valence-corrected chi connectivity index (χ2v) is 5.54. The molecule has 0 bridgehead atoms. The largest absolute Gasteiger partial charge is 0.271 e. The Morgan fingerprint density at radius 2 is 2.28 bits per heavy atom. The van der Waals surface area contributed by atoms with Crippen LogP contribution in [-0.2, 0) is 0 Å². The highest BCUT2D eigenvalue weighted by Crippen LogP contribution is 2.40. The number of pyridine rings is 1. The summed E-state index contributed by atoms with van der Waals surface area (Å²) in [6, 6.07) is 3.82. The van der Waals surface area contributed by atoms with Gasteiger partial charge in [-0.25, -0.2) is 0 Å². The van der Waals surface area contributed by atoms with E-state index in [9.17, 15) is 0 Å². The second kappa shape index (κ2) is 6.50. The fraction of sp³-hybridized carbons (Fsp3) is 0.643. The number of hydrazine groups is 1. The maximum atomic E-state index is 6.25. The van der Waals surface area contributed by atoms with Gasteiger partial charge in [0.05, 0.1) is 16.8 Å². The maximum Gasteiger partial charge on any atom is 0.0775 e. The van der Waals surface area contributed by atoms with Gasteiger partial charge in [-0.3, -0.25) is 16.3 Å². The zero-order chi connectivity index (χ0) is 13.0. The zero-order valence-corrected chi connectivity index (χ0v) is 11.7. The van der Waals surface area contributed by atoms with Crippen LogP contribution in [0, 0.1) is 11.8 Å². The molecule has 3 N–H and O–H groups in total. The minimum absolute atomic E-state index is 0.0731. The number of aromatic nitrogens is 1. The summed E-state index contributed by atoms with van der Waals surface area (Å²) in [5, 5.41) is 0.709. The molecule has 1 aliphatic carbocycles. The first kappa shape index (κ1) is 13.8. The Morgan fingerprint density at radius 3 is 2.94 bits per heavy atom. The fourth-order valence-corrected chi connectivity index (χ4v) is 3.45. The van der Waals surface area contributed by atoms with E-state index in [1.165, 1.54) is 32.1 Å². The Balaban J connectivity index is 2.24. The quantitative estimate of drug-likeness (QED) is 0.649. The summed E-state index contributed by atoms with van der Waals surface area (Å²) in [6.45, 7) is 2.26.